The molecule has 1 aliphatic heterocycles. The van der Waals surface area contributed by atoms with Gasteiger partial charge in [-0.2, -0.15) is 0 Å². The fourth-order valence-corrected chi connectivity index (χ4v) is 2.28. The molecule has 19 heavy (non-hydrogen) atoms. The molecule has 6 nitrogen and oxygen atoms in total. The van der Waals surface area contributed by atoms with Crippen molar-refractivity contribution in [2.45, 2.75) is 38.6 Å². The van der Waals surface area contributed by atoms with Crippen molar-refractivity contribution < 1.29 is 9.59 Å². The summed E-state index contributed by atoms with van der Waals surface area (Å²) in [5.41, 5.74) is 0. The number of likely N-dealkylation sites (tertiary alicyclic amines) is 1. The summed E-state index contributed by atoms with van der Waals surface area (Å²) in [5.74, 6) is 0.113. The first kappa shape index (κ1) is 13.6. The zero-order valence-electron chi connectivity index (χ0n) is 11.2. The monoisotopic (exact) mass is 264 g/mol. The highest BCUT2D eigenvalue weighted by Gasteiger charge is 2.24. The van der Waals surface area contributed by atoms with Gasteiger partial charge in [0.2, 0.25) is 5.91 Å². The maximum Gasteiger partial charge on any atom is 0.329 e. The first-order valence-electron chi connectivity index (χ1n) is 6.77. The lowest BCUT2D eigenvalue weighted by Gasteiger charge is -2.32. The first-order valence-corrected chi connectivity index (χ1v) is 6.77. The molecule has 1 aromatic heterocycles. The number of nitrogens with one attached hydrogen (secondary N) is 1. The van der Waals surface area contributed by atoms with Crippen LogP contribution in [-0.2, 0) is 4.79 Å². The highest BCUT2D eigenvalue weighted by molar-refractivity contribution is 5.77. The minimum Gasteiger partial charge on any atom is -0.353 e. The Hall–Kier alpha value is -1.85. The zero-order valence-corrected chi connectivity index (χ0v) is 11.2. The van der Waals surface area contributed by atoms with E-state index in [1.807, 2.05) is 6.92 Å². The summed E-state index contributed by atoms with van der Waals surface area (Å²) < 4.78 is 1.48. The number of hydrogen-bond donors (Lipinski definition) is 1. The van der Waals surface area contributed by atoms with E-state index in [9.17, 15) is 9.59 Å². The quantitative estimate of drug-likeness (QED) is 0.893. The van der Waals surface area contributed by atoms with E-state index in [1.165, 1.54) is 10.9 Å². The van der Waals surface area contributed by atoms with Crippen molar-refractivity contribution in [2.24, 2.45) is 0 Å². The van der Waals surface area contributed by atoms with Gasteiger partial charge in [-0.25, -0.2) is 9.78 Å². The summed E-state index contributed by atoms with van der Waals surface area (Å²) in [4.78, 5) is 29.2. The largest absolute Gasteiger partial charge is 0.353 e. The lowest BCUT2D eigenvalue weighted by molar-refractivity contribution is -0.122. The van der Waals surface area contributed by atoms with Gasteiger partial charge in [-0.15, -0.1) is 0 Å². The van der Waals surface area contributed by atoms with Crippen LogP contribution in [0.4, 0.5) is 4.79 Å². The highest BCUT2D eigenvalue weighted by atomic mass is 16.2. The smallest absolute Gasteiger partial charge is 0.329 e. The minimum absolute atomic E-state index is 0.0455. The zero-order chi connectivity index (χ0) is 13.7. The number of imidazole rings is 1. The maximum atomic E-state index is 12.1. The van der Waals surface area contributed by atoms with Crippen LogP contribution in [0.25, 0.3) is 0 Å². The Morgan fingerprint density at radius 2 is 2.11 bits per heavy atom. The van der Waals surface area contributed by atoms with E-state index in [1.54, 1.807) is 17.3 Å². The van der Waals surface area contributed by atoms with Crippen LogP contribution in [0.15, 0.2) is 18.7 Å². The number of hydrogen-bond acceptors (Lipinski definition) is 3. The third kappa shape index (κ3) is 3.56. The molecule has 2 heterocycles. The van der Waals surface area contributed by atoms with Gasteiger partial charge in [0.15, 0.2) is 0 Å². The Morgan fingerprint density at radius 3 is 2.68 bits per heavy atom. The average molecular weight is 264 g/mol. The fraction of sp³-hybridized carbons (Fsp3) is 0.615. The van der Waals surface area contributed by atoms with Crippen molar-refractivity contribution in [3.8, 4) is 0 Å². The average Bonchev–Trinajstić information content (AvgIpc) is 2.93. The van der Waals surface area contributed by atoms with E-state index in [-0.39, 0.29) is 18.0 Å². The molecule has 6 heteroatoms. The molecule has 1 aliphatic rings. The predicted octanol–water partition coefficient (Wildman–Crippen LogP) is 1.23. The van der Waals surface area contributed by atoms with Gasteiger partial charge in [0, 0.05) is 37.9 Å². The van der Waals surface area contributed by atoms with Gasteiger partial charge in [0.1, 0.15) is 6.33 Å². The number of piperidine rings is 1. The molecule has 1 fully saturated rings. The molecule has 0 atom stereocenters. The Bertz CT molecular complexity index is 422. The van der Waals surface area contributed by atoms with Crippen molar-refractivity contribution in [3.05, 3.63) is 18.7 Å². The molecule has 1 aromatic rings. The highest BCUT2D eigenvalue weighted by Crippen LogP contribution is 2.12. The second-order valence-corrected chi connectivity index (χ2v) is 4.83. The molecule has 0 bridgehead atoms. The molecule has 1 saturated heterocycles. The van der Waals surface area contributed by atoms with Crippen molar-refractivity contribution in [1.82, 2.24) is 19.8 Å². The summed E-state index contributed by atoms with van der Waals surface area (Å²) in [6, 6.07) is 0.154. The van der Waals surface area contributed by atoms with Crippen molar-refractivity contribution in [1.29, 1.82) is 0 Å². The lowest BCUT2D eigenvalue weighted by atomic mass is 10.1. The third-order valence-corrected chi connectivity index (χ3v) is 3.33. The van der Waals surface area contributed by atoms with Crippen LogP contribution in [0.5, 0.6) is 0 Å². The number of nitrogens with zero attached hydrogens (tertiary/aromatic N) is 3. The van der Waals surface area contributed by atoms with Gasteiger partial charge >= 0.3 is 6.03 Å². The second kappa shape index (κ2) is 6.36. The van der Waals surface area contributed by atoms with Gasteiger partial charge in [-0.3, -0.25) is 9.36 Å². The summed E-state index contributed by atoms with van der Waals surface area (Å²) in [5, 5.41) is 3.02. The summed E-state index contributed by atoms with van der Waals surface area (Å²) >= 11 is 0. The molecule has 2 rings (SSSR count). The minimum atomic E-state index is -0.0455. The Morgan fingerprint density at radius 1 is 1.37 bits per heavy atom. The van der Waals surface area contributed by atoms with Crippen molar-refractivity contribution in [2.75, 3.05) is 13.1 Å². The number of carbonyl (C=O) groups excluding carboxylic acids is 2. The molecule has 1 N–H and O–H groups in total. The molecular weight excluding hydrogens is 244 g/mol. The normalized spacial score (nSPS) is 16.4. The van der Waals surface area contributed by atoms with Crippen LogP contribution in [0.3, 0.4) is 0 Å². The Kier molecular flexibility index (Phi) is 4.54. The van der Waals surface area contributed by atoms with Crippen LogP contribution in [0, 0.1) is 0 Å². The van der Waals surface area contributed by atoms with E-state index in [0.29, 0.717) is 19.5 Å². The number of amides is 2. The predicted molar refractivity (Wildman–Crippen MR) is 70.7 cm³/mol. The summed E-state index contributed by atoms with van der Waals surface area (Å²) in [6.45, 7) is 3.34. The molecule has 0 aliphatic carbocycles. The van der Waals surface area contributed by atoms with Crippen LogP contribution < -0.4 is 5.32 Å². The standard InChI is InChI=1S/C13H20N4O2/c1-2-3-12(18)15-11-4-7-16(8-5-11)13(19)17-9-6-14-10-17/h6,9-11H,2-5,7-8H2,1H3,(H,15,18). The van der Waals surface area contributed by atoms with E-state index in [0.717, 1.165) is 19.3 Å². The summed E-state index contributed by atoms with van der Waals surface area (Å²) in [6.07, 6.45) is 7.83. The number of aromatic nitrogens is 2. The van der Waals surface area contributed by atoms with E-state index in [4.69, 9.17) is 0 Å². The van der Waals surface area contributed by atoms with Crippen molar-refractivity contribution in [3.63, 3.8) is 0 Å². The van der Waals surface area contributed by atoms with Crippen LogP contribution in [0.2, 0.25) is 0 Å². The van der Waals surface area contributed by atoms with Gasteiger partial charge in [0.05, 0.1) is 0 Å². The van der Waals surface area contributed by atoms with Crippen LogP contribution >= 0.6 is 0 Å². The van der Waals surface area contributed by atoms with E-state index in [2.05, 4.69) is 10.3 Å². The van der Waals surface area contributed by atoms with Crippen LogP contribution in [-0.4, -0.2) is 45.5 Å². The van der Waals surface area contributed by atoms with Gasteiger partial charge < -0.3 is 10.2 Å². The summed E-state index contributed by atoms with van der Waals surface area (Å²) in [7, 11) is 0. The van der Waals surface area contributed by atoms with Gasteiger partial charge in [-0.1, -0.05) is 6.92 Å². The SMILES string of the molecule is CCCC(=O)NC1CCN(C(=O)n2ccnc2)CC1. The first-order chi connectivity index (χ1) is 9.20. The Labute approximate surface area is 112 Å². The van der Waals surface area contributed by atoms with E-state index < -0.39 is 0 Å². The third-order valence-electron chi connectivity index (χ3n) is 3.33. The van der Waals surface area contributed by atoms with Crippen LogP contribution in [0.1, 0.15) is 32.6 Å². The molecule has 2 amide bonds. The Balaban J connectivity index is 1.79. The molecule has 0 radical (unpaired) electrons. The molecule has 0 saturated carbocycles. The lowest BCUT2D eigenvalue weighted by Crippen LogP contribution is -2.47. The van der Waals surface area contributed by atoms with Gasteiger partial charge in [0.25, 0.3) is 0 Å². The topological polar surface area (TPSA) is 67.2 Å². The second-order valence-electron chi connectivity index (χ2n) is 4.83. The fourth-order valence-electron chi connectivity index (χ4n) is 2.28. The molecule has 0 spiro atoms. The maximum absolute atomic E-state index is 12.1. The number of carbonyl (C=O) groups is 2. The number of rotatable bonds is 3. The van der Waals surface area contributed by atoms with Crippen molar-refractivity contribution >= 4 is 11.9 Å². The van der Waals surface area contributed by atoms with Gasteiger partial charge in [-0.05, 0) is 19.3 Å². The molecule has 0 unspecified atom stereocenters. The molecule has 0 aromatic carbocycles. The van der Waals surface area contributed by atoms with E-state index >= 15 is 0 Å². The molecular formula is C13H20N4O2. The molecule has 104 valence electrons.